The Morgan fingerprint density at radius 3 is 3.12 bits per heavy atom. The number of quaternary nitrogens is 1. The number of fused-ring (bicyclic) bond motifs is 2. The van der Waals surface area contributed by atoms with Gasteiger partial charge in [0.2, 0.25) is 11.5 Å². The summed E-state index contributed by atoms with van der Waals surface area (Å²) in [6, 6.07) is -0.0474. The number of H-pyrrole nitrogens is 1. The Labute approximate surface area is 138 Å². The van der Waals surface area contributed by atoms with Crippen LogP contribution in [0.4, 0.5) is 0 Å². The predicted octanol–water partition coefficient (Wildman–Crippen LogP) is -1.05. The molecule has 0 aromatic carbocycles. The first-order valence-electron chi connectivity index (χ1n) is 8.74. The minimum Gasteiger partial charge on any atom is -0.382 e. The standard InChI is InChI=1S/C18H19N3O3/c22-10-1-3-17-4-5-19-14-12(17)15-11-9(7-20-13(11)16(14)23)2-6-21(15)18(10,24)8-17/h1,3,7,10,15,19-20,22,24H,2,4-6,8H2/p+1. The Bertz CT molecular complexity index is 869. The average Bonchev–Trinajstić information content (AvgIpc) is 3.01. The van der Waals surface area contributed by atoms with E-state index in [-0.39, 0.29) is 17.2 Å². The zero-order valence-electron chi connectivity index (χ0n) is 13.2. The van der Waals surface area contributed by atoms with Gasteiger partial charge in [-0.2, -0.15) is 0 Å². The molecule has 24 heavy (non-hydrogen) atoms. The maximum atomic E-state index is 13.0. The highest BCUT2D eigenvalue weighted by atomic mass is 16.4. The maximum Gasteiger partial charge on any atom is 0.231 e. The lowest BCUT2D eigenvalue weighted by Crippen LogP contribution is -3.24. The summed E-state index contributed by atoms with van der Waals surface area (Å²) in [7, 11) is 0. The first kappa shape index (κ1) is 13.4. The van der Waals surface area contributed by atoms with Crippen LogP contribution in [0.3, 0.4) is 0 Å². The maximum absolute atomic E-state index is 13.0. The average molecular weight is 326 g/mol. The lowest BCUT2D eigenvalue weighted by Gasteiger charge is -2.59. The van der Waals surface area contributed by atoms with Gasteiger partial charge in [-0.25, -0.2) is 0 Å². The van der Waals surface area contributed by atoms with Crippen molar-refractivity contribution in [3.8, 4) is 0 Å². The number of allylic oxidation sites excluding steroid dienone is 2. The van der Waals surface area contributed by atoms with E-state index in [1.54, 1.807) is 6.08 Å². The number of carbonyl (C=O) groups excluding carboxylic acids is 1. The lowest BCUT2D eigenvalue weighted by molar-refractivity contribution is -1.01. The minimum atomic E-state index is -1.18. The fourth-order valence-corrected chi connectivity index (χ4v) is 5.96. The second-order valence-electron chi connectivity index (χ2n) is 7.92. The largest absolute Gasteiger partial charge is 0.382 e. The number of hydrogen-bond donors (Lipinski definition) is 5. The molecule has 1 spiro atoms. The van der Waals surface area contributed by atoms with Crippen LogP contribution in [-0.2, 0) is 6.42 Å². The van der Waals surface area contributed by atoms with Gasteiger partial charge in [0.25, 0.3) is 0 Å². The molecule has 124 valence electrons. The SMILES string of the molecule is O=C1C2=C3C4c5c(c[nH]c51)CC[NH+]4C1(O)CC3(C=CC1O)CCN2. The van der Waals surface area contributed by atoms with Crippen molar-refractivity contribution in [1.82, 2.24) is 10.3 Å². The van der Waals surface area contributed by atoms with E-state index in [4.69, 9.17) is 0 Å². The lowest BCUT2D eigenvalue weighted by atomic mass is 9.56. The summed E-state index contributed by atoms with van der Waals surface area (Å²) in [6.07, 6.45) is 7.04. The summed E-state index contributed by atoms with van der Waals surface area (Å²) in [4.78, 5) is 17.2. The number of aliphatic hydroxyl groups excluding tert-OH is 1. The van der Waals surface area contributed by atoms with Gasteiger partial charge in [0.05, 0.1) is 17.9 Å². The van der Waals surface area contributed by atoms with Crippen LogP contribution in [0.25, 0.3) is 0 Å². The zero-order chi connectivity index (χ0) is 16.3. The van der Waals surface area contributed by atoms with Crippen molar-refractivity contribution in [2.75, 3.05) is 13.1 Å². The molecule has 5 unspecified atom stereocenters. The molecule has 2 bridgehead atoms. The van der Waals surface area contributed by atoms with Gasteiger partial charge in [-0.05, 0) is 12.0 Å². The highest BCUT2D eigenvalue weighted by Gasteiger charge is 2.66. The fraction of sp³-hybridized carbons (Fsp3) is 0.500. The van der Waals surface area contributed by atoms with Crippen LogP contribution >= 0.6 is 0 Å². The number of aromatic nitrogens is 1. The van der Waals surface area contributed by atoms with Gasteiger partial charge >= 0.3 is 0 Å². The highest BCUT2D eigenvalue weighted by Crippen LogP contribution is 2.56. The molecule has 3 aliphatic heterocycles. The van der Waals surface area contributed by atoms with Crippen LogP contribution in [0, 0.1) is 5.41 Å². The molecule has 6 nitrogen and oxygen atoms in total. The number of hydrogen-bond acceptors (Lipinski definition) is 4. The van der Waals surface area contributed by atoms with E-state index in [1.165, 1.54) is 5.56 Å². The molecule has 6 rings (SSSR count). The Morgan fingerprint density at radius 1 is 1.38 bits per heavy atom. The van der Waals surface area contributed by atoms with Crippen molar-refractivity contribution in [3.05, 3.63) is 46.4 Å². The summed E-state index contributed by atoms with van der Waals surface area (Å²) in [5, 5.41) is 25.4. The molecule has 0 saturated carbocycles. The van der Waals surface area contributed by atoms with Gasteiger partial charge in [-0.3, -0.25) is 9.69 Å². The molecule has 4 heterocycles. The smallest absolute Gasteiger partial charge is 0.231 e. The summed E-state index contributed by atoms with van der Waals surface area (Å²) in [6.45, 7) is 1.48. The second-order valence-corrected chi connectivity index (χ2v) is 7.92. The van der Waals surface area contributed by atoms with Crippen molar-refractivity contribution in [2.24, 2.45) is 5.41 Å². The molecule has 0 radical (unpaired) electrons. The predicted molar refractivity (Wildman–Crippen MR) is 84.2 cm³/mol. The van der Waals surface area contributed by atoms with Crippen LogP contribution in [0.2, 0.25) is 0 Å². The number of aromatic amines is 1. The van der Waals surface area contributed by atoms with E-state index in [0.717, 1.165) is 41.1 Å². The number of nitrogens with one attached hydrogen (secondary N) is 3. The number of ketones is 1. The second kappa shape index (κ2) is 3.85. The van der Waals surface area contributed by atoms with Crippen molar-refractivity contribution in [1.29, 1.82) is 0 Å². The molecule has 1 aromatic heterocycles. The molecule has 1 fully saturated rings. The van der Waals surface area contributed by atoms with Gasteiger partial charge < -0.3 is 20.5 Å². The van der Waals surface area contributed by atoms with E-state index in [1.807, 2.05) is 6.20 Å². The van der Waals surface area contributed by atoms with Crippen molar-refractivity contribution in [3.63, 3.8) is 0 Å². The van der Waals surface area contributed by atoms with E-state index in [9.17, 15) is 15.0 Å². The van der Waals surface area contributed by atoms with Gasteiger partial charge in [0, 0.05) is 42.1 Å². The fourth-order valence-electron chi connectivity index (χ4n) is 5.96. The van der Waals surface area contributed by atoms with Gasteiger partial charge in [0.15, 0.2) is 6.10 Å². The van der Waals surface area contributed by atoms with Gasteiger partial charge in [-0.15, -0.1) is 0 Å². The van der Waals surface area contributed by atoms with Crippen LogP contribution in [-0.4, -0.2) is 45.9 Å². The molecule has 5 atom stereocenters. The number of Topliss-reactive ketones (excluding diaryl/α,β-unsaturated/α-hetero) is 1. The number of aliphatic hydroxyl groups is 2. The van der Waals surface area contributed by atoms with Gasteiger partial charge in [-0.1, -0.05) is 12.2 Å². The molecule has 1 aromatic rings. The minimum absolute atomic E-state index is 0.0474. The molecule has 0 amide bonds. The highest BCUT2D eigenvalue weighted by molar-refractivity contribution is 6.10. The molecule has 5 aliphatic rings. The summed E-state index contributed by atoms with van der Waals surface area (Å²) < 4.78 is 0. The van der Waals surface area contributed by atoms with Crippen LogP contribution < -0.4 is 10.2 Å². The topological polar surface area (TPSA) is 89.8 Å². The van der Waals surface area contributed by atoms with E-state index >= 15 is 0 Å². The van der Waals surface area contributed by atoms with Crippen molar-refractivity contribution >= 4 is 5.78 Å². The first-order chi connectivity index (χ1) is 11.6. The third kappa shape index (κ3) is 1.24. The van der Waals surface area contributed by atoms with E-state index < -0.39 is 11.8 Å². The van der Waals surface area contributed by atoms with Crippen molar-refractivity contribution in [2.45, 2.75) is 37.1 Å². The Morgan fingerprint density at radius 2 is 2.25 bits per heavy atom. The molecular weight excluding hydrogens is 306 g/mol. The Balaban J connectivity index is 1.73. The summed E-state index contributed by atoms with van der Waals surface area (Å²) >= 11 is 0. The Hall–Kier alpha value is -1.89. The number of piperidine rings is 1. The number of carbonyl (C=O) groups is 1. The monoisotopic (exact) mass is 326 g/mol. The van der Waals surface area contributed by atoms with Crippen LogP contribution in [0.15, 0.2) is 29.6 Å². The third-order valence-corrected chi connectivity index (χ3v) is 6.96. The van der Waals surface area contributed by atoms with Gasteiger partial charge in [0.1, 0.15) is 6.04 Å². The van der Waals surface area contributed by atoms with Crippen LogP contribution in [0.1, 0.15) is 40.5 Å². The zero-order valence-corrected chi connectivity index (χ0v) is 13.2. The summed E-state index contributed by atoms with van der Waals surface area (Å²) in [5.74, 6) is 0.0489. The molecule has 6 heteroatoms. The molecule has 5 N–H and O–H groups in total. The molecular formula is C18H20N3O3+. The third-order valence-electron chi connectivity index (χ3n) is 6.96. The first-order valence-corrected chi connectivity index (χ1v) is 8.74. The quantitative estimate of drug-likeness (QED) is 0.394. The summed E-state index contributed by atoms with van der Waals surface area (Å²) in [5.41, 5.74) is 3.25. The van der Waals surface area contributed by atoms with E-state index in [2.05, 4.69) is 16.4 Å². The molecule has 1 saturated heterocycles. The molecule has 2 aliphatic carbocycles. The normalized spacial score (nSPS) is 44.2. The van der Waals surface area contributed by atoms with Crippen LogP contribution in [0.5, 0.6) is 0 Å². The number of rotatable bonds is 0. The Kier molecular flexibility index (Phi) is 2.15. The van der Waals surface area contributed by atoms with Crippen molar-refractivity contribution < 1.29 is 19.9 Å². The van der Waals surface area contributed by atoms with E-state index in [0.29, 0.717) is 18.7 Å².